The molecule has 3 aromatic rings. The number of rotatable bonds is 5. The van der Waals surface area contributed by atoms with Crippen molar-refractivity contribution < 1.29 is 16.4 Å². The lowest BCUT2D eigenvalue weighted by Gasteiger charge is -2.09. The maximum atomic E-state index is 12.9. The van der Waals surface area contributed by atoms with E-state index in [4.69, 9.17) is 17.3 Å². The molecule has 0 atom stereocenters. The van der Waals surface area contributed by atoms with Gasteiger partial charge in [0.1, 0.15) is 11.9 Å². The third-order valence-electron chi connectivity index (χ3n) is 5.95. The van der Waals surface area contributed by atoms with Crippen molar-refractivity contribution >= 4 is 23.0 Å². The number of nitrogens with two attached hydrogens (primary N) is 1. The number of hydrogen-bond donors (Lipinski definition) is 2. The number of halogens is 1. The van der Waals surface area contributed by atoms with Gasteiger partial charge in [0.2, 0.25) is 5.02 Å². The van der Waals surface area contributed by atoms with E-state index >= 15 is 0 Å². The highest BCUT2D eigenvalue weighted by molar-refractivity contribution is 5.94. The second kappa shape index (κ2) is 9.98. The van der Waals surface area contributed by atoms with Crippen LogP contribution in [0.15, 0.2) is 94.6 Å². The zero-order chi connectivity index (χ0) is 25.1. The number of hydrogen-bond acceptors (Lipinski definition) is 6. The van der Waals surface area contributed by atoms with Gasteiger partial charge in [-0.15, -0.1) is 0 Å². The highest BCUT2D eigenvalue weighted by Crippen LogP contribution is 2.24. The second-order valence-corrected chi connectivity index (χ2v) is 9.02. The summed E-state index contributed by atoms with van der Waals surface area (Å²) in [5, 5.41) is 14.0. The predicted octanol–water partition coefficient (Wildman–Crippen LogP) is 3.59. The molecule has 36 heavy (non-hydrogen) atoms. The summed E-state index contributed by atoms with van der Waals surface area (Å²) in [5.41, 5.74) is 12.2. The van der Waals surface area contributed by atoms with E-state index in [2.05, 4.69) is 26.3 Å². The molecule has 1 aromatic carbocycles. The van der Waals surface area contributed by atoms with E-state index < -0.39 is 0 Å². The van der Waals surface area contributed by atoms with E-state index in [0.717, 1.165) is 33.4 Å². The van der Waals surface area contributed by atoms with Gasteiger partial charge in [-0.3, -0.25) is 9.78 Å². The van der Waals surface area contributed by atoms with E-state index in [1.807, 2.05) is 36.4 Å². The predicted molar refractivity (Wildman–Crippen MR) is 136 cm³/mol. The minimum Gasteiger partial charge on any atom is -0.383 e. The normalized spacial score (nSPS) is 14.6. The number of nitrogens with one attached hydrogen (secondary N) is 1. The molecule has 3 N–H and O–H groups in total. The Bertz CT molecular complexity index is 1590. The Hall–Kier alpha value is -4.54. The molecule has 2 aromatic heterocycles. The molecule has 0 fully saturated rings. The van der Waals surface area contributed by atoms with Gasteiger partial charge in [-0.1, -0.05) is 18.2 Å². The van der Waals surface area contributed by atoms with Gasteiger partial charge in [-0.25, -0.2) is 9.98 Å². The highest BCUT2D eigenvalue weighted by atomic mass is 35.5. The maximum absolute atomic E-state index is 12.9. The molecule has 0 radical (unpaired) electrons. The van der Waals surface area contributed by atoms with Gasteiger partial charge in [-0.2, -0.15) is 5.26 Å². The van der Waals surface area contributed by atoms with Crippen molar-refractivity contribution in [2.45, 2.75) is 12.8 Å². The zero-order valence-corrected chi connectivity index (χ0v) is 20.0. The number of amides is 1. The zero-order valence-electron chi connectivity index (χ0n) is 19.2. The van der Waals surface area contributed by atoms with E-state index in [1.54, 1.807) is 36.8 Å². The third kappa shape index (κ3) is 5.09. The molecule has 2 bridgehead atoms. The number of nitrogens with zero attached hydrogens (tertiary/aromatic N) is 4. The lowest BCUT2D eigenvalue weighted by Crippen LogP contribution is -2.25. The number of benzene rings is 1. The number of nitriles is 1. The first-order valence-electron chi connectivity index (χ1n) is 11.3. The van der Waals surface area contributed by atoms with Crippen LogP contribution in [-0.2, 0) is 6.42 Å². The van der Waals surface area contributed by atoms with Crippen molar-refractivity contribution in [2.75, 3.05) is 6.54 Å². The molecule has 2 aliphatic rings. The lowest BCUT2D eigenvalue weighted by molar-refractivity contribution is -0.289. The van der Waals surface area contributed by atoms with Crippen LogP contribution in [0.3, 0.4) is 0 Å². The first-order chi connectivity index (χ1) is 17.5. The molecule has 0 saturated carbocycles. The van der Waals surface area contributed by atoms with E-state index in [-0.39, 0.29) is 5.91 Å². The number of fused-ring (bicyclic) bond motifs is 3. The van der Waals surface area contributed by atoms with Gasteiger partial charge in [0.25, 0.3) is 5.91 Å². The van der Waals surface area contributed by atoms with Crippen molar-refractivity contribution in [3.63, 3.8) is 0 Å². The Kier molecular flexibility index (Phi) is 6.44. The fraction of sp³-hybridized carbons (Fsp3) is 0.107. The summed E-state index contributed by atoms with van der Waals surface area (Å²) in [4.78, 5) is 25.8. The smallest absolute Gasteiger partial charge is 0.251 e. The number of aromatic nitrogens is 2. The van der Waals surface area contributed by atoms with Gasteiger partial charge >= 0.3 is 0 Å². The van der Waals surface area contributed by atoms with Gasteiger partial charge in [0.15, 0.2) is 11.6 Å². The number of allylic oxidation sites excluding steroid dienone is 5. The van der Waals surface area contributed by atoms with Crippen molar-refractivity contribution in [3.05, 3.63) is 117 Å². The number of aliphatic imine (C=N–C) groups is 1. The van der Waals surface area contributed by atoms with Crippen LogP contribution in [0.25, 0.3) is 10.9 Å². The number of pyridine rings is 2. The maximum Gasteiger partial charge on any atom is 0.251 e. The average molecular weight is 494 g/mol. The van der Waals surface area contributed by atoms with Crippen LogP contribution in [0, 0.1) is 22.9 Å². The molecule has 8 heteroatoms. The lowest BCUT2D eigenvalue weighted by atomic mass is 10.0. The minimum atomic E-state index is -0.192. The van der Waals surface area contributed by atoms with Crippen LogP contribution in [0.4, 0.5) is 0 Å². The largest absolute Gasteiger partial charge is 0.383 e. The molecule has 1 aliphatic heterocycles. The molecule has 7 nitrogen and oxygen atoms in total. The van der Waals surface area contributed by atoms with E-state index in [0.29, 0.717) is 46.9 Å². The molecule has 0 unspecified atom stereocenters. The Morgan fingerprint density at radius 2 is 2.08 bits per heavy atom. The fourth-order valence-corrected chi connectivity index (χ4v) is 4.38. The molecular weight excluding hydrogens is 472 g/mol. The topological polar surface area (TPSA) is 117 Å². The van der Waals surface area contributed by atoms with E-state index in [1.165, 1.54) is 0 Å². The van der Waals surface area contributed by atoms with Crippen molar-refractivity contribution in [1.29, 1.82) is 5.26 Å². The van der Waals surface area contributed by atoms with Crippen molar-refractivity contribution in [1.82, 2.24) is 15.3 Å². The van der Waals surface area contributed by atoms with E-state index in [9.17, 15) is 10.1 Å². The molecule has 3 heterocycles. The molecule has 1 amide bonds. The van der Waals surface area contributed by atoms with Crippen molar-refractivity contribution in [3.8, 4) is 6.07 Å². The Morgan fingerprint density at radius 3 is 2.94 bits per heavy atom. The summed E-state index contributed by atoms with van der Waals surface area (Å²) in [6, 6.07) is 11.3. The van der Waals surface area contributed by atoms with Gasteiger partial charge in [-0.05, 0) is 52.6 Å². The van der Waals surface area contributed by atoms with Crippen LogP contribution in [-0.4, -0.2) is 28.6 Å². The van der Waals surface area contributed by atoms with Gasteiger partial charge in [0.05, 0.1) is 17.3 Å². The Labute approximate surface area is 213 Å². The summed E-state index contributed by atoms with van der Waals surface area (Å²) in [5.74, 6) is 0.317. The minimum absolute atomic E-state index is 0.192. The molecule has 0 saturated heterocycles. The van der Waals surface area contributed by atoms with Crippen LogP contribution < -0.4 is 11.1 Å². The first kappa shape index (κ1) is 23.2. The Balaban J connectivity index is 1.31. The van der Waals surface area contributed by atoms with Crippen LogP contribution >= 0.6 is 0 Å². The number of carbonyl (C=O) groups excluding carboxylic acids is 1. The summed E-state index contributed by atoms with van der Waals surface area (Å²) in [6.07, 6.45) is 14.0. The number of carbonyl (C=O) groups is 1. The average Bonchev–Trinajstić information content (AvgIpc) is 3.19. The third-order valence-corrected chi connectivity index (χ3v) is 6.17. The van der Waals surface area contributed by atoms with Gasteiger partial charge < -0.3 is 11.1 Å². The molecule has 1 aliphatic carbocycles. The standard InChI is InChI=1S/C28H21ClN6O/c29-24-12-22-9-19(10-23(14-30)26(22)34-16-24)11-25-13-21(4-6-32-25)28(36)35-15-18-1-2-20-8-17(7-18)3-5-33-27(20)31/h1-7,9-10,12-13,16,29H,8,11,15H2,(H2-,31,33,35,36)/p+1. The summed E-state index contributed by atoms with van der Waals surface area (Å²) >= 11 is 5.22. The second-order valence-electron chi connectivity index (χ2n) is 8.55. The summed E-state index contributed by atoms with van der Waals surface area (Å²) < 4.78 is 0. The summed E-state index contributed by atoms with van der Waals surface area (Å²) in [6.45, 7) is 0.376. The molecular formula is C28H22ClN6O+. The van der Waals surface area contributed by atoms with Crippen molar-refractivity contribution in [2.24, 2.45) is 10.7 Å². The van der Waals surface area contributed by atoms with Crippen LogP contribution in [0.2, 0.25) is 5.02 Å². The fourth-order valence-electron chi connectivity index (χ4n) is 4.20. The molecule has 5 rings (SSSR count). The summed E-state index contributed by atoms with van der Waals surface area (Å²) in [7, 11) is 0. The van der Waals surface area contributed by atoms with Crippen LogP contribution in [0.1, 0.15) is 33.6 Å². The highest BCUT2D eigenvalue weighted by Gasteiger charge is 2.13. The Morgan fingerprint density at radius 1 is 1.19 bits per heavy atom. The quantitative estimate of drug-likeness (QED) is 0.563. The van der Waals surface area contributed by atoms with Crippen LogP contribution in [0.5, 0.6) is 0 Å². The molecule has 0 spiro atoms. The first-order valence-corrected chi connectivity index (χ1v) is 11.7. The SMILES string of the molecule is N#Cc1cc(Cc2cc(C(=O)NCC3=CC4=CC=NC(N)=C(C=C3)C4)ccn2)cc2cc([ClH+])cnc12. The molecule has 176 valence electrons. The monoisotopic (exact) mass is 493 g/mol. The van der Waals surface area contributed by atoms with Gasteiger partial charge in [0, 0.05) is 54.5 Å².